The highest BCUT2D eigenvalue weighted by Crippen LogP contribution is 2.18. The van der Waals surface area contributed by atoms with Gasteiger partial charge in [0.1, 0.15) is 17.9 Å². The number of hydrogen-bond donors (Lipinski definition) is 1. The van der Waals surface area contributed by atoms with E-state index < -0.39 is 22.0 Å². The smallest absolute Gasteiger partial charge is 0.342 e. The fraction of sp³-hybridized carbons (Fsp3) is 0.267. The third kappa shape index (κ3) is 3.86. The van der Waals surface area contributed by atoms with Gasteiger partial charge in [0.25, 0.3) is 0 Å². The van der Waals surface area contributed by atoms with Crippen molar-refractivity contribution in [1.29, 1.82) is 0 Å². The van der Waals surface area contributed by atoms with Crippen molar-refractivity contribution in [3.63, 3.8) is 0 Å². The van der Waals surface area contributed by atoms with Crippen molar-refractivity contribution < 1.29 is 27.9 Å². The molecule has 0 saturated heterocycles. The molecule has 0 saturated carbocycles. The molecule has 10 heteroatoms. The summed E-state index contributed by atoms with van der Waals surface area (Å²) in [6.07, 6.45) is 1.12. The number of imidazole rings is 1. The van der Waals surface area contributed by atoms with E-state index in [4.69, 9.17) is 4.74 Å². The second-order valence-electron chi connectivity index (χ2n) is 5.29. The maximum absolute atomic E-state index is 12.2. The average molecular weight is 367 g/mol. The molecule has 2 aromatic rings. The lowest BCUT2D eigenvalue weighted by Gasteiger charge is -2.12. The van der Waals surface area contributed by atoms with E-state index in [0.29, 0.717) is 0 Å². The Labute approximate surface area is 144 Å². The molecule has 1 aromatic heterocycles. The van der Waals surface area contributed by atoms with Gasteiger partial charge in [0, 0.05) is 27.2 Å². The maximum atomic E-state index is 12.2. The van der Waals surface area contributed by atoms with Crippen LogP contribution in [0.3, 0.4) is 0 Å². The molecule has 0 unspecified atom stereocenters. The van der Waals surface area contributed by atoms with E-state index in [-0.39, 0.29) is 29.4 Å². The van der Waals surface area contributed by atoms with E-state index >= 15 is 0 Å². The van der Waals surface area contributed by atoms with E-state index in [9.17, 15) is 23.1 Å². The van der Waals surface area contributed by atoms with Crippen molar-refractivity contribution in [3.05, 3.63) is 47.5 Å². The summed E-state index contributed by atoms with van der Waals surface area (Å²) >= 11 is 0. The summed E-state index contributed by atoms with van der Waals surface area (Å²) in [5, 5.41) is 9.62. The standard InChI is InChI=1S/C15H17N3O6S/c1-10(19)14-16-11(8-18(14)25(22,23)17(2)3)9-24-15(21)12-6-4-5-7-13(12)20/h4-8,20H,9H2,1-3H3. The van der Waals surface area contributed by atoms with Gasteiger partial charge < -0.3 is 9.84 Å². The van der Waals surface area contributed by atoms with Gasteiger partial charge in [0.15, 0.2) is 11.6 Å². The predicted molar refractivity (Wildman–Crippen MR) is 87.5 cm³/mol. The van der Waals surface area contributed by atoms with E-state index in [0.717, 1.165) is 14.5 Å². The largest absolute Gasteiger partial charge is 0.507 e. The van der Waals surface area contributed by atoms with Crippen molar-refractivity contribution in [1.82, 2.24) is 13.3 Å². The molecule has 0 aliphatic heterocycles. The summed E-state index contributed by atoms with van der Waals surface area (Å²) in [5.74, 6) is -1.88. The number of nitrogens with zero attached hydrogens (tertiary/aromatic N) is 3. The topological polar surface area (TPSA) is 119 Å². The highest BCUT2D eigenvalue weighted by molar-refractivity contribution is 7.87. The molecule has 2 rings (SSSR count). The Morgan fingerprint density at radius 3 is 2.48 bits per heavy atom. The number of ketones is 1. The summed E-state index contributed by atoms with van der Waals surface area (Å²) in [5.41, 5.74) is 0.0500. The van der Waals surface area contributed by atoms with Crippen LogP contribution in [-0.2, 0) is 21.6 Å². The van der Waals surface area contributed by atoms with Crippen molar-refractivity contribution in [2.75, 3.05) is 14.1 Å². The number of carbonyl (C=O) groups is 2. The Morgan fingerprint density at radius 1 is 1.28 bits per heavy atom. The Hall–Kier alpha value is -2.72. The van der Waals surface area contributed by atoms with Crippen molar-refractivity contribution in [2.45, 2.75) is 13.5 Å². The number of phenols is 1. The molecule has 0 radical (unpaired) electrons. The second kappa shape index (κ2) is 7.03. The molecule has 0 fully saturated rings. The van der Waals surface area contributed by atoms with Crippen molar-refractivity contribution >= 4 is 22.0 Å². The Morgan fingerprint density at radius 2 is 1.92 bits per heavy atom. The Balaban J connectivity index is 2.26. The van der Waals surface area contributed by atoms with E-state index in [1.165, 1.54) is 33.2 Å². The van der Waals surface area contributed by atoms with Crippen LogP contribution in [0.1, 0.15) is 33.6 Å². The number of aromatic nitrogens is 2. The fourth-order valence-corrected chi connectivity index (χ4v) is 2.92. The molecule has 0 amide bonds. The SMILES string of the molecule is CC(=O)c1nc(COC(=O)c2ccccc2O)cn1S(=O)(=O)N(C)C. The number of esters is 1. The third-order valence-electron chi connectivity index (χ3n) is 3.22. The monoisotopic (exact) mass is 367 g/mol. The number of rotatable bonds is 6. The number of para-hydroxylation sites is 1. The molecular formula is C15H17N3O6S. The lowest BCUT2D eigenvalue weighted by atomic mass is 10.2. The first-order valence-corrected chi connectivity index (χ1v) is 8.51. The maximum Gasteiger partial charge on any atom is 0.342 e. The van der Waals surface area contributed by atoms with Gasteiger partial charge in [-0.3, -0.25) is 4.79 Å². The summed E-state index contributed by atoms with van der Waals surface area (Å²) in [6.45, 7) is 0.825. The van der Waals surface area contributed by atoms with Crippen LogP contribution in [0.2, 0.25) is 0 Å². The quantitative estimate of drug-likeness (QED) is 0.592. The van der Waals surface area contributed by atoms with Gasteiger partial charge in [-0.05, 0) is 12.1 Å². The van der Waals surface area contributed by atoms with E-state index in [1.54, 1.807) is 12.1 Å². The fourth-order valence-electron chi connectivity index (χ4n) is 1.93. The summed E-state index contributed by atoms with van der Waals surface area (Å²) in [6, 6.07) is 5.83. The number of aromatic hydroxyl groups is 1. The van der Waals surface area contributed by atoms with Crippen LogP contribution >= 0.6 is 0 Å². The molecule has 0 atom stereocenters. The van der Waals surface area contributed by atoms with Crippen LogP contribution in [0.25, 0.3) is 0 Å². The number of benzene rings is 1. The molecular weight excluding hydrogens is 350 g/mol. The van der Waals surface area contributed by atoms with Crippen LogP contribution in [0, 0.1) is 0 Å². The Kier molecular flexibility index (Phi) is 5.24. The van der Waals surface area contributed by atoms with Crippen molar-refractivity contribution in [2.24, 2.45) is 0 Å². The van der Waals surface area contributed by atoms with Gasteiger partial charge in [0.05, 0.1) is 5.69 Å². The van der Waals surface area contributed by atoms with Gasteiger partial charge in [-0.1, -0.05) is 12.1 Å². The van der Waals surface area contributed by atoms with Crippen LogP contribution in [0.5, 0.6) is 5.75 Å². The molecule has 0 spiro atoms. The normalized spacial score (nSPS) is 11.5. The van der Waals surface area contributed by atoms with Crippen LogP contribution in [0.15, 0.2) is 30.5 Å². The number of carbonyl (C=O) groups excluding carboxylic acids is 2. The zero-order chi connectivity index (χ0) is 18.8. The molecule has 1 aromatic carbocycles. The molecule has 9 nitrogen and oxygen atoms in total. The van der Waals surface area contributed by atoms with Gasteiger partial charge in [-0.2, -0.15) is 12.7 Å². The zero-order valence-corrected chi connectivity index (χ0v) is 14.6. The Bertz CT molecular complexity index is 917. The lowest BCUT2D eigenvalue weighted by molar-refractivity contribution is 0.0465. The van der Waals surface area contributed by atoms with Crippen molar-refractivity contribution in [3.8, 4) is 5.75 Å². The van der Waals surface area contributed by atoms with Gasteiger partial charge in [-0.25, -0.2) is 13.8 Å². The first-order valence-electron chi connectivity index (χ1n) is 7.12. The van der Waals surface area contributed by atoms with Gasteiger partial charge in [0.2, 0.25) is 0 Å². The average Bonchev–Trinajstić information content (AvgIpc) is 2.98. The molecule has 1 N–H and O–H groups in total. The van der Waals surface area contributed by atoms with Gasteiger partial charge in [-0.15, -0.1) is 0 Å². The highest BCUT2D eigenvalue weighted by Gasteiger charge is 2.24. The first-order chi connectivity index (χ1) is 11.6. The van der Waals surface area contributed by atoms with E-state index in [1.807, 2.05) is 0 Å². The third-order valence-corrected chi connectivity index (χ3v) is 4.92. The van der Waals surface area contributed by atoms with Crippen LogP contribution in [0.4, 0.5) is 0 Å². The number of phenolic OH excluding ortho intramolecular Hbond substituents is 1. The molecule has 1 heterocycles. The number of Topliss-reactive ketones (excluding diaryl/α,β-unsaturated/α-hetero) is 1. The molecule has 134 valence electrons. The molecule has 0 aliphatic rings. The summed E-state index contributed by atoms with van der Waals surface area (Å²) < 4.78 is 31.1. The first kappa shape index (κ1) is 18.6. The predicted octanol–water partition coefficient (Wildman–Crippen LogP) is 0.803. The summed E-state index contributed by atoms with van der Waals surface area (Å²) in [7, 11) is -1.31. The lowest BCUT2D eigenvalue weighted by Crippen LogP contribution is -2.30. The number of ether oxygens (including phenoxy) is 1. The summed E-state index contributed by atoms with van der Waals surface area (Å²) in [4.78, 5) is 27.5. The van der Waals surface area contributed by atoms with E-state index in [2.05, 4.69) is 4.98 Å². The molecule has 25 heavy (non-hydrogen) atoms. The minimum atomic E-state index is -3.94. The molecule has 0 bridgehead atoms. The second-order valence-corrected chi connectivity index (χ2v) is 7.31. The minimum absolute atomic E-state index is 0.0327. The van der Waals surface area contributed by atoms with Crippen LogP contribution in [-0.4, -0.2) is 52.6 Å². The number of hydrogen-bond acceptors (Lipinski definition) is 7. The van der Waals surface area contributed by atoms with Crippen LogP contribution < -0.4 is 0 Å². The minimum Gasteiger partial charge on any atom is -0.507 e. The molecule has 0 aliphatic carbocycles. The van der Waals surface area contributed by atoms with Gasteiger partial charge >= 0.3 is 16.2 Å². The highest BCUT2D eigenvalue weighted by atomic mass is 32.2. The zero-order valence-electron chi connectivity index (χ0n) is 13.8.